The Morgan fingerprint density at radius 1 is 0.889 bits per heavy atom. The van der Waals surface area contributed by atoms with Crippen molar-refractivity contribution in [2.45, 2.75) is 19.1 Å². The molecule has 144 valence electrons. The molecule has 0 spiro atoms. The number of hydrogen-bond donors (Lipinski definition) is 3. The van der Waals surface area contributed by atoms with Crippen molar-refractivity contribution in [1.29, 1.82) is 0 Å². The lowest BCUT2D eigenvalue weighted by Gasteiger charge is -2.12. The summed E-state index contributed by atoms with van der Waals surface area (Å²) in [5.74, 6) is -3.16. The smallest absolute Gasteiger partial charge is 0.349 e. The summed E-state index contributed by atoms with van der Waals surface area (Å²) < 4.78 is 4.66. The molecule has 2 rings (SSSR count). The third kappa shape index (κ3) is 7.65. The number of rotatable bonds is 5. The van der Waals surface area contributed by atoms with Gasteiger partial charge in [-0.25, -0.2) is 9.59 Å². The SMILES string of the molecule is CC(=O)OC(C(=O)O)c1cccc(Cl)c1.O=C(O)C(O)c1cccc(Cl)c1. The van der Waals surface area contributed by atoms with Crippen LogP contribution in [0.2, 0.25) is 10.0 Å². The molecule has 2 aromatic carbocycles. The van der Waals surface area contributed by atoms with E-state index in [1.54, 1.807) is 24.3 Å². The fourth-order valence-electron chi connectivity index (χ4n) is 1.92. The number of benzene rings is 2. The molecule has 0 radical (unpaired) electrons. The van der Waals surface area contributed by atoms with Crippen molar-refractivity contribution in [2.24, 2.45) is 0 Å². The third-order valence-electron chi connectivity index (χ3n) is 3.06. The molecule has 0 aliphatic carbocycles. The zero-order chi connectivity index (χ0) is 20.6. The molecule has 0 aromatic heterocycles. The van der Waals surface area contributed by atoms with Crippen molar-refractivity contribution in [3.8, 4) is 0 Å². The van der Waals surface area contributed by atoms with E-state index >= 15 is 0 Å². The van der Waals surface area contributed by atoms with Crippen LogP contribution in [-0.2, 0) is 19.1 Å². The molecule has 0 heterocycles. The molecule has 2 aromatic rings. The molecule has 0 fully saturated rings. The molecule has 0 aliphatic heterocycles. The number of ether oxygens (including phenoxy) is 1. The molecule has 7 nitrogen and oxygen atoms in total. The number of carboxylic acid groups (broad SMARTS) is 2. The van der Waals surface area contributed by atoms with Gasteiger partial charge in [0.1, 0.15) is 0 Å². The number of carboxylic acids is 2. The molecular weight excluding hydrogens is 399 g/mol. The van der Waals surface area contributed by atoms with Crippen LogP contribution in [0.3, 0.4) is 0 Å². The van der Waals surface area contributed by atoms with Gasteiger partial charge in [0.15, 0.2) is 6.10 Å². The summed E-state index contributed by atoms with van der Waals surface area (Å²) in [6, 6.07) is 12.3. The maximum absolute atomic E-state index is 10.8. The third-order valence-corrected chi connectivity index (χ3v) is 3.53. The molecule has 9 heteroatoms. The Morgan fingerprint density at radius 2 is 1.37 bits per heavy atom. The fraction of sp³-hybridized carbons (Fsp3) is 0.167. The maximum atomic E-state index is 10.8. The van der Waals surface area contributed by atoms with E-state index in [0.717, 1.165) is 6.92 Å². The Bertz CT molecular complexity index is 823. The average molecular weight is 415 g/mol. The molecule has 2 unspecified atom stereocenters. The highest BCUT2D eigenvalue weighted by molar-refractivity contribution is 6.30. The predicted molar refractivity (Wildman–Crippen MR) is 97.6 cm³/mol. The van der Waals surface area contributed by atoms with E-state index in [0.29, 0.717) is 15.6 Å². The maximum Gasteiger partial charge on any atom is 0.349 e. The van der Waals surface area contributed by atoms with E-state index in [1.165, 1.54) is 24.3 Å². The van der Waals surface area contributed by atoms with Gasteiger partial charge in [-0.2, -0.15) is 0 Å². The Morgan fingerprint density at radius 3 is 1.78 bits per heavy atom. The lowest BCUT2D eigenvalue weighted by atomic mass is 10.1. The van der Waals surface area contributed by atoms with Crippen molar-refractivity contribution in [3.63, 3.8) is 0 Å². The largest absolute Gasteiger partial charge is 0.479 e. The number of aliphatic carboxylic acids is 2. The Kier molecular flexibility index (Phi) is 8.74. The van der Waals surface area contributed by atoms with E-state index < -0.39 is 30.1 Å². The Hall–Kier alpha value is -2.61. The predicted octanol–water partition coefficient (Wildman–Crippen LogP) is 3.49. The summed E-state index contributed by atoms with van der Waals surface area (Å²) in [5, 5.41) is 27.1. The van der Waals surface area contributed by atoms with Crippen LogP contribution in [-0.4, -0.2) is 33.2 Å². The topological polar surface area (TPSA) is 121 Å². The van der Waals surface area contributed by atoms with Crippen LogP contribution in [0.25, 0.3) is 0 Å². The lowest BCUT2D eigenvalue weighted by Crippen LogP contribution is -2.17. The first-order chi connectivity index (χ1) is 12.6. The summed E-state index contributed by atoms with van der Waals surface area (Å²) >= 11 is 11.3. The number of carbonyl (C=O) groups excluding carboxylic acids is 1. The molecule has 27 heavy (non-hydrogen) atoms. The van der Waals surface area contributed by atoms with Crippen LogP contribution in [0.1, 0.15) is 30.3 Å². The van der Waals surface area contributed by atoms with E-state index in [-0.39, 0.29) is 5.56 Å². The normalized spacial score (nSPS) is 12.1. The van der Waals surface area contributed by atoms with E-state index in [9.17, 15) is 14.4 Å². The van der Waals surface area contributed by atoms with Gasteiger partial charge in [0.25, 0.3) is 0 Å². The standard InChI is InChI=1S/C10H9ClO4.C8H7ClO3/c1-6(12)15-9(10(13)14)7-3-2-4-8(11)5-7;9-6-3-1-2-5(4-6)7(10)8(11)12/h2-5,9H,1H3,(H,13,14);1-4,7,10H,(H,11,12). The number of hydrogen-bond acceptors (Lipinski definition) is 5. The molecule has 0 saturated carbocycles. The lowest BCUT2D eigenvalue weighted by molar-refractivity contribution is -0.163. The van der Waals surface area contributed by atoms with Gasteiger partial charge in [0, 0.05) is 22.5 Å². The van der Waals surface area contributed by atoms with Gasteiger partial charge < -0.3 is 20.1 Å². The van der Waals surface area contributed by atoms with Gasteiger partial charge in [-0.3, -0.25) is 4.79 Å². The second kappa shape index (κ2) is 10.5. The number of aliphatic hydroxyl groups is 1. The van der Waals surface area contributed by atoms with Crippen molar-refractivity contribution in [1.82, 2.24) is 0 Å². The summed E-state index contributed by atoms with van der Waals surface area (Å²) in [6.07, 6.45) is -2.80. The summed E-state index contributed by atoms with van der Waals surface area (Å²) in [4.78, 5) is 31.8. The molecule has 0 amide bonds. The van der Waals surface area contributed by atoms with Gasteiger partial charge in [0.2, 0.25) is 6.10 Å². The molecule has 2 atom stereocenters. The van der Waals surface area contributed by atoms with Gasteiger partial charge in [-0.15, -0.1) is 0 Å². The minimum atomic E-state index is -1.50. The van der Waals surface area contributed by atoms with Crippen LogP contribution in [0.15, 0.2) is 48.5 Å². The molecule has 0 saturated heterocycles. The average Bonchev–Trinajstić information content (AvgIpc) is 2.59. The Balaban J connectivity index is 0.000000277. The first-order valence-electron chi connectivity index (χ1n) is 7.43. The van der Waals surface area contributed by atoms with Crippen LogP contribution in [0.5, 0.6) is 0 Å². The van der Waals surface area contributed by atoms with Gasteiger partial charge >= 0.3 is 17.9 Å². The minimum absolute atomic E-state index is 0.287. The van der Waals surface area contributed by atoms with Crippen LogP contribution in [0.4, 0.5) is 0 Å². The number of aliphatic hydroxyl groups excluding tert-OH is 1. The van der Waals surface area contributed by atoms with E-state index in [4.69, 9.17) is 38.5 Å². The number of halogens is 2. The number of esters is 1. The van der Waals surface area contributed by atoms with Gasteiger partial charge in [0.05, 0.1) is 0 Å². The molecule has 3 N–H and O–H groups in total. The highest BCUT2D eigenvalue weighted by Crippen LogP contribution is 2.21. The van der Waals surface area contributed by atoms with E-state index in [2.05, 4.69) is 4.74 Å². The first kappa shape index (κ1) is 22.4. The highest BCUT2D eigenvalue weighted by atomic mass is 35.5. The van der Waals surface area contributed by atoms with Gasteiger partial charge in [-0.05, 0) is 29.8 Å². The zero-order valence-electron chi connectivity index (χ0n) is 14.0. The first-order valence-corrected chi connectivity index (χ1v) is 8.19. The van der Waals surface area contributed by atoms with Crippen LogP contribution < -0.4 is 0 Å². The zero-order valence-corrected chi connectivity index (χ0v) is 15.5. The van der Waals surface area contributed by atoms with Crippen LogP contribution in [0, 0.1) is 0 Å². The molecule has 0 aliphatic rings. The van der Waals surface area contributed by atoms with E-state index in [1.807, 2.05) is 0 Å². The van der Waals surface area contributed by atoms with Crippen molar-refractivity contribution in [2.75, 3.05) is 0 Å². The quantitative estimate of drug-likeness (QED) is 0.640. The summed E-state index contributed by atoms with van der Waals surface area (Å²) in [5.41, 5.74) is 0.625. The monoisotopic (exact) mass is 414 g/mol. The molecule has 0 bridgehead atoms. The second-order valence-corrected chi connectivity index (χ2v) is 6.05. The summed E-state index contributed by atoms with van der Waals surface area (Å²) in [7, 11) is 0. The molecular formula is C18H16Cl2O7. The summed E-state index contributed by atoms with van der Waals surface area (Å²) in [6.45, 7) is 1.15. The fourth-order valence-corrected chi connectivity index (χ4v) is 2.31. The van der Waals surface area contributed by atoms with Gasteiger partial charge in [-0.1, -0.05) is 47.5 Å². The van der Waals surface area contributed by atoms with Crippen molar-refractivity contribution >= 4 is 41.1 Å². The van der Waals surface area contributed by atoms with Crippen molar-refractivity contribution < 1.29 is 34.4 Å². The Labute approximate surface area is 164 Å². The van der Waals surface area contributed by atoms with Crippen LogP contribution >= 0.6 is 23.2 Å². The minimum Gasteiger partial charge on any atom is -0.479 e. The second-order valence-electron chi connectivity index (χ2n) is 5.18. The van der Waals surface area contributed by atoms with Crippen molar-refractivity contribution in [3.05, 3.63) is 69.7 Å². The number of carbonyl (C=O) groups is 3. The highest BCUT2D eigenvalue weighted by Gasteiger charge is 2.22.